The van der Waals surface area contributed by atoms with Crippen molar-refractivity contribution in [3.05, 3.63) is 186 Å². The first-order chi connectivity index (χ1) is 29.9. The van der Waals surface area contributed by atoms with Crippen LogP contribution < -0.4 is 24.6 Å². The van der Waals surface area contributed by atoms with Gasteiger partial charge in [-0.05, 0) is 76.0 Å². The van der Waals surface area contributed by atoms with E-state index in [0.717, 1.165) is 22.6 Å². The second-order valence-corrected chi connectivity index (χ2v) is 19.0. The number of anilines is 2. The lowest BCUT2D eigenvalue weighted by Crippen LogP contribution is -2.53. The summed E-state index contributed by atoms with van der Waals surface area (Å²) in [6, 6.07) is 54.8. The van der Waals surface area contributed by atoms with E-state index in [1.807, 2.05) is 35.6 Å². The molecule has 2 atom stereocenters. The second-order valence-electron chi connectivity index (χ2n) is 17.9. The van der Waals surface area contributed by atoms with Gasteiger partial charge in [-0.3, -0.25) is 0 Å². The van der Waals surface area contributed by atoms with E-state index in [1.165, 1.54) is 75.8 Å². The first-order valence-electron chi connectivity index (χ1n) is 21.2. The van der Waals surface area contributed by atoms with Crippen molar-refractivity contribution in [1.29, 1.82) is 0 Å². The molecule has 14 rings (SSSR count). The Labute approximate surface area is 357 Å². The molecule has 5 nitrogen and oxygen atoms in total. The topological polar surface area (TPSA) is 35.9 Å². The summed E-state index contributed by atoms with van der Waals surface area (Å²) in [7, 11) is 0. The van der Waals surface area contributed by atoms with Crippen LogP contribution in [0.15, 0.2) is 169 Å². The molecule has 4 aliphatic heterocycles. The number of fused-ring (bicyclic) bond motifs is 15. The number of nitrogens with zero attached hydrogens (tertiary/aromatic N) is 2. The van der Waals surface area contributed by atoms with Gasteiger partial charge in [0.2, 0.25) is 0 Å². The Bertz CT molecular complexity index is 3480. The molecule has 6 heterocycles. The number of thiophene rings is 1. The minimum Gasteiger partial charge on any atom is -0.484 e. The van der Waals surface area contributed by atoms with Crippen LogP contribution in [0.25, 0.3) is 47.9 Å². The molecule has 0 amide bonds. The van der Waals surface area contributed by atoms with E-state index in [2.05, 4.69) is 164 Å². The van der Waals surface area contributed by atoms with Crippen LogP contribution in [0.4, 0.5) is 11.4 Å². The molecular formula is C54H37BN2O3S. The predicted molar refractivity (Wildman–Crippen MR) is 250 cm³/mol. The van der Waals surface area contributed by atoms with Gasteiger partial charge in [0.25, 0.3) is 0 Å². The van der Waals surface area contributed by atoms with Crippen LogP contribution in [0.2, 0.25) is 0 Å². The molecule has 61 heavy (non-hydrogen) atoms. The van der Waals surface area contributed by atoms with Gasteiger partial charge >= 0.3 is 6.85 Å². The monoisotopic (exact) mass is 804 g/mol. The van der Waals surface area contributed by atoms with E-state index in [9.17, 15) is 0 Å². The summed E-state index contributed by atoms with van der Waals surface area (Å²) in [4.78, 5) is 2.54. The highest BCUT2D eigenvalue weighted by Crippen LogP contribution is 2.59. The fourth-order valence-electron chi connectivity index (χ4n) is 10.9. The van der Waals surface area contributed by atoms with Crippen molar-refractivity contribution < 1.29 is 14.2 Å². The SMILES string of the molecule is CC(C)(C)c1ccc(N2C3=CC4c5ccccc5OC4C4=C3B(c3cc5c(cc32)Oc2ccccc2O5)n2c3c4cccc3c3sc4ccccc4c32)c(-c2ccccc2)c1. The first-order valence-corrected chi connectivity index (χ1v) is 22.0. The highest BCUT2D eigenvalue weighted by Gasteiger charge is 2.52. The largest absolute Gasteiger partial charge is 0.484 e. The third kappa shape index (κ3) is 4.51. The molecule has 7 heteroatoms. The van der Waals surface area contributed by atoms with Crippen molar-refractivity contribution in [3.63, 3.8) is 0 Å². The molecule has 2 unspecified atom stereocenters. The van der Waals surface area contributed by atoms with Crippen molar-refractivity contribution in [2.24, 2.45) is 0 Å². The molecule has 0 fully saturated rings. The highest BCUT2D eigenvalue weighted by atomic mass is 32.1. The molecule has 9 aromatic rings. The third-order valence-corrected chi connectivity index (χ3v) is 14.7. The van der Waals surface area contributed by atoms with Crippen molar-refractivity contribution >= 4 is 71.8 Å². The molecule has 0 radical (unpaired) electrons. The van der Waals surface area contributed by atoms with Gasteiger partial charge in [0, 0.05) is 66.6 Å². The molecule has 0 N–H and O–H groups in total. The number of rotatable bonds is 2. The average molecular weight is 805 g/mol. The van der Waals surface area contributed by atoms with Crippen LogP contribution in [0, 0.1) is 0 Å². The number of benzene rings is 7. The van der Waals surface area contributed by atoms with Crippen molar-refractivity contribution in [2.45, 2.75) is 38.2 Å². The molecule has 0 spiro atoms. The lowest BCUT2D eigenvalue weighted by Gasteiger charge is -2.46. The Morgan fingerprint density at radius 3 is 2.15 bits per heavy atom. The number of ether oxygens (including phenoxy) is 3. The van der Waals surface area contributed by atoms with Gasteiger partial charge in [0.15, 0.2) is 23.0 Å². The van der Waals surface area contributed by atoms with E-state index in [0.29, 0.717) is 23.0 Å². The Balaban J connectivity index is 1.14. The second kappa shape index (κ2) is 11.9. The number of aromatic nitrogens is 1. The quantitative estimate of drug-likeness (QED) is 0.163. The predicted octanol–water partition coefficient (Wildman–Crippen LogP) is 13.5. The van der Waals surface area contributed by atoms with Crippen LogP contribution in [-0.2, 0) is 5.41 Å². The molecule has 0 saturated carbocycles. The van der Waals surface area contributed by atoms with Crippen LogP contribution in [-0.4, -0.2) is 17.4 Å². The average Bonchev–Trinajstić information content (AvgIpc) is 3.96. The maximum absolute atomic E-state index is 7.15. The zero-order valence-electron chi connectivity index (χ0n) is 33.8. The Kier molecular flexibility index (Phi) is 6.58. The Morgan fingerprint density at radius 2 is 1.33 bits per heavy atom. The Hall–Kier alpha value is -6.96. The maximum Gasteiger partial charge on any atom is 0.333 e. The molecular weight excluding hydrogens is 767 g/mol. The van der Waals surface area contributed by atoms with E-state index in [1.54, 1.807) is 0 Å². The van der Waals surface area contributed by atoms with E-state index < -0.39 is 0 Å². The fourth-order valence-corrected chi connectivity index (χ4v) is 12.1. The van der Waals surface area contributed by atoms with Gasteiger partial charge in [0.05, 0.1) is 15.9 Å². The van der Waals surface area contributed by atoms with E-state index in [4.69, 9.17) is 14.2 Å². The summed E-state index contributed by atoms with van der Waals surface area (Å²) < 4.78 is 26.0. The van der Waals surface area contributed by atoms with Gasteiger partial charge in [-0.15, -0.1) is 11.3 Å². The van der Waals surface area contributed by atoms with Crippen molar-refractivity contribution in [1.82, 2.24) is 4.48 Å². The van der Waals surface area contributed by atoms with Crippen LogP contribution >= 0.6 is 11.3 Å². The van der Waals surface area contributed by atoms with Gasteiger partial charge in [-0.1, -0.05) is 124 Å². The summed E-state index contributed by atoms with van der Waals surface area (Å²) in [5.41, 5.74) is 15.6. The minimum atomic E-state index is -0.188. The van der Waals surface area contributed by atoms with Gasteiger partial charge < -0.3 is 23.6 Å². The van der Waals surface area contributed by atoms with Crippen molar-refractivity contribution in [3.8, 4) is 39.9 Å². The lowest BCUT2D eigenvalue weighted by molar-refractivity contribution is 0.277. The summed E-state index contributed by atoms with van der Waals surface area (Å²) in [6.45, 7) is 6.70. The highest BCUT2D eigenvalue weighted by molar-refractivity contribution is 7.26. The maximum atomic E-state index is 7.15. The molecule has 0 bridgehead atoms. The molecule has 7 aromatic carbocycles. The van der Waals surface area contributed by atoms with Crippen molar-refractivity contribution in [2.75, 3.05) is 4.90 Å². The summed E-state index contributed by atoms with van der Waals surface area (Å²) in [5, 5.41) is 2.56. The van der Waals surface area contributed by atoms with Crippen LogP contribution in [0.3, 0.4) is 0 Å². The summed E-state index contributed by atoms with van der Waals surface area (Å²) in [6.07, 6.45) is 2.33. The van der Waals surface area contributed by atoms with E-state index >= 15 is 0 Å². The van der Waals surface area contributed by atoms with Gasteiger partial charge in [0.1, 0.15) is 11.9 Å². The minimum absolute atomic E-state index is 0.00600. The number of allylic oxidation sites excluding steroid dienone is 1. The number of hydrogen-bond acceptors (Lipinski definition) is 5. The lowest BCUT2D eigenvalue weighted by atomic mass is 9.42. The third-order valence-electron chi connectivity index (χ3n) is 13.5. The normalized spacial score (nSPS) is 17.8. The molecule has 1 aliphatic carbocycles. The fraction of sp³-hybridized carbons (Fsp3) is 0.111. The Morgan fingerprint density at radius 1 is 0.607 bits per heavy atom. The van der Waals surface area contributed by atoms with Crippen LogP contribution in [0.5, 0.6) is 28.7 Å². The first kappa shape index (κ1) is 33.8. The van der Waals surface area contributed by atoms with E-state index in [-0.39, 0.29) is 24.3 Å². The standard InChI is InChI=1S/C54H37BN2O3S/c1-54(2,3)31-24-25-39(36(26-31)30-14-5-4-6-15-30)56-40-29-46-45(58-43-21-10-11-22-44(43)59-46)28-38(40)55-49-41(56)27-37-32-16-7-9-20-42(32)60-52(37)48(49)34-18-13-19-35-50(34)57(55)51-33-17-8-12-23-47(33)61-53(35)51/h4-29,37,52H,1-3H3. The number of hydrogen-bond donors (Lipinski definition) is 0. The van der Waals surface area contributed by atoms with Gasteiger partial charge in [-0.2, -0.15) is 0 Å². The smallest absolute Gasteiger partial charge is 0.333 e. The molecule has 2 aromatic heterocycles. The van der Waals surface area contributed by atoms with Crippen LogP contribution in [0.1, 0.15) is 43.4 Å². The summed E-state index contributed by atoms with van der Waals surface area (Å²) in [5.74, 6) is 3.80. The zero-order valence-corrected chi connectivity index (χ0v) is 34.6. The zero-order chi connectivity index (χ0) is 40.3. The molecule has 0 saturated heterocycles. The number of para-hydroxylation sites is 4. The van der Waals surface area contributed by atoms with Gasteiger partial charge in [-0.25, -0.2) is 0 Å². The molecule has 290 valence electrons. The summed E-state index contributed by atoms with van der Waals surface area (Å²) >= 11 is 1.89. The molecule has 5 aliphatic rings.